The van der Waals surface area contributed by atoms with E-state index in [4.69, 9.17) is 0 Å². The van der Waals surface area contributed by atoms with Gasteiger partial charge in [0.15, 0.2) is 0 Å². The van der Waals surface area contributed by atoms with Crippen molar-refractivity contribution in [2.24, 2.45) is 0 Å². The Morgan fingerprint density at radius 1 is 0.962 bits per heavy atom. The molecular formula is C16H26N4O5S. The van der Waals surface area contributed by atoms with Gasteiger partial charge in [0.2, 0.25) is 0 Å². The number of carbonyl (C=O) groups excluding carboxylic acids is 3. The molecule has 146 valence electrons. The second-order valence-electron chi connectivity index (χ2n) is 7.03. The minimum atomic E-state index is -2.88. The third-order valence-electron chi connectivity index (χ3n) is 5.55. The molecule has 0 radical (unpaired) electrons. The second-order valence-corrected chi connectivity index (χ2v) is 9.33. The lowest BCUT2D eigenvalue weighted by Crippen LogP contribution is -2.61. The Morgan fingerprint density at radius 3 is 2.15 bits per heavy atom. The molecule has 0 spiro atoms. The van der Waals surface area contributed by atoms with Gasteiger partial charge < -0.3 is 9.80 Å². The molecule has 3 heterocycles. The summed E-state index contributed by atoms with van der Waals surface area (Å²) >= 11 is 0. The Hall–Kier alpha value is -1.68. The van der Waals surface area contributed by atoms with Crippen molar-refractivity contribution >= 4 is 27.7 Å². The largest absolute Gasteiger partial charge is 0.333 e. The van der Waals surface area contributed by atoms with Crippen LogP contribution < -0.4 is 0 Å². The molecule has 0 aromatic carbocycles. The number of hydrogen-bond acceptors (Lipinski definition) is 6. The predicted octanol–water partition coefficient (Wildman–Crippen LogP) is -1.01. The van der Waals surface area contributed by atoms with E-state index in [0.29, 0.717) is 52.1 Å². The van der Waals surface area contributed by atoms with Crippen LogP contribution in [-0.2, 0) is 19.4 Å². The van der Waals surface area contributed by atoms with Crippen LogP contribution in [0.1, 0.15) is 19.8 Å². The summed E-state index contributed by atoms with van der Waals surface area (Å²) in [6, 6.07) is -0.155. The van der Waals surface area contributed by atoms with Crippen LogP contribution in [0.4, 0.5) is 4.79 Å². The van der Waals surface area contributed by atoms with Gasteiger partial charge in [-0.3, -0.25) is 19.4 Å². The van der Waals surface area contributed by atoms with Gasteiger partial charge in [-0.15, -0.1) is 0 Å². The van der Waals surface area contributed by atoms with Crippen molar-refractivity contribution < 1.29 is 22.8 Å². The highest BCUT2D eigenvalue weighted by Crippen LogP contribution is 2.20. The molecule has 0 bridgehead atoms. The van der Waals surface area contributed by atoms with E-state index in [-0.39, 0.29) is 24.1 Å². The first-order chi connectivity index (χ1) is 12.3. The van der Waals surface area contributed by atoms with Crippen LogP contribution in [0, 0.1) is 0 Å². The molecule has 0 saturated carbocycles. The van der Waals surface area contributed by atoms with Crippen molar-refractivity contribution in [2.75, 3.05) is 57.3 Å². The standard InChI is InChI=1S/C16H26N4O5S/c1-2-17-9-10-20(15(22)14(17)21)16(23)19-7-5-18(6-8-19)13-3-11-26(24,25)12-4-13/h13H,2-12H2,1H3. The van der Waals surface area contributed by atoms with Crippen molar-refractivity contribution in [2.45, 2.75) is 25.8 Å². The van der Waals surface area contributed by atoms with Crippen molar-refractivity contribution in [3.63, 3.8) is 0 Å². The molecule has 0 unspecified atom stereocenters. The third kappa shape index (κ3) is 3.85. The van der Waals surface area contributed by atoms with E-state index in [1.807, 2.05) is 0 Å². The number of nitrogens with zero attached hydrogens (tertiary/aromatic N) is 4. The number of likely N-dealkylation sites (N-methyl/N-ethyl adjacent to an activating group) is 1. The van der Waals surface area contributed by atoms with Crippen LogP contribution in [0.25, 0.3) is 0 Å². The number of piperazine rings is 2. The number of amides is 4. The highest BCUT2D eigenvalue weighted by Gasteiger charge is 2.38. The van der Waals surface area contributed by atoms with Crippen molar-refractivity contribution in [3.05, 3.63) is 0 Å². The molecule has 26 heavy (non-hydrogen) atoms. The molecule has 9 nitrogen and oxygen atoms in total. The van der Waals surface area contributed by atoms with E-state index < -0.39 is 27.7 Å². The highest BCUT2D eigenvalue weighted by molar-refractivity contribution is 7.91. The summed E-state index contributed by atoms with van der Waals surface area (Å²) in [5, 5.41) is 0. The molecule has 3 aliphatic heterocycles. The van der Waals surface area contributed by atoms with Gasteiger partial charge in [0.25, 0.3) is 0 Å². The first kappa shape index (κ1) is 19.1. The Bertz CT molecular complexity index is 673. The number of imide groups is 1. The number of sulfone groups is 1. The average molecular weight is 386 g/mol. The van der Waals surface area contributed by atoms with Gasteiger partial charge in [-0.1, -0.05) is 0 Å². The average Bonchev–Trinajstić information content (AvgIpc) is 2.63. The maximum Gasteiger partial charge on any atom is 0.327 e. The quantitative estimate of drug-likeness (QED) is 0.564. The summed E-state index contributed by atoms with van der Waals surface area (Å²) < 4.78 is 23.1. The maximum atomic E-state index is 12.6. The monoisotopic (exact) mass is 386 g/mol. The van der Waals surface area contributed by atoms with Gasteiger partial charge in [0, 0.05) is 51.9 Å². The van der Waals surface area contributed by atoms with Crippen LogP contribution in [0.15, 0.2) is 0 Å². The van der Waals surface area contributed by atoms with Crippen LogP contribution in [-0.4, -0.2) is 109 Å². The zero-order valence-corrected chi connectivity index (χ0v) is 15.9. The summed E-state index contributed by atoms with van der Waals surface area (Å²) in [4.78, 5) is 43.1. The Balaban J connectivity index is 1.53. The number of hydrogen-bond donors (Lipinski definition) is 0. The summed E-state index contributed by atoms with van der Waals surface area (Å²) in [6.45, 7) is 5.16. The topological polar surface area (TPSA) is 98.3 Å². The van der Waals surface area contributed by atoms with Gasteiger partial charge in [0.1, 0.15) is 9.84 Å². The SMILES string of the molecule is CCN1CCN(C(=O)N2CCN(C3CCS(=O)(=O)CC3)CC2)C(=O)C1=O. The van der Waals surface area contributed by atoms with Crippen molar-refractivity contribution in [3.8, 4) is 0 Å². The van der Waals surface area contributed by atoms with E-state index in [1.165, 1.54) is 4.90 Å². The Kier molecular flexibility index (Phi) is 5.52. The van der Waals surface area contributed by atoms with Gasteiger partial charge >= 0.3 is 17.8 Å². The zero-order chi connectivity index (χ0) is 18.9. The first-order valence-electron chi connectivity index (χ1n) is 9.16. The third-order valence-corrected chi connectivity index (χ3v) is 7.26. The molecular weight excluding hydrogens is 360 g/mol. The first-order valence-corrected chi connectivity index (χ1v) is 11.0. The lowest BCUT2D eigenvalue weighted by molar-refractivity contribution is -0.154. The highest BCUT2D eigenvalue weighted by atomic mass is 32.2. The smallest absolute Gasteiger partial charge is 0.327 e. The summed E-state index contributed by atoms with van der Waals surface area (Å²) in [7, 11) is -2.88. The van der Waals surface area contributed by atoms with Crippen LogP contribution >= 0.6 is 0 Å². The van der Waals surface area contributed by atoms with E-state index in [2.05, 4.69) is 4.90 Å². The van der Waals surface area contributed by atoms with Gasteiger partial charge in [-0.25, -0.2) is 13.2 Å². The molecule has 3 rings (SSSR count). The van der Waals surface area contributed by atoms with Crippen molar-refractivity contribution in [1.82, 2.24) is 19.6 Å². The van der Waals surface area contributed by atoms with E-state index >= 15 is 0 Å². The van der Waals surface area contributed by atoms with Crippen LogP contribution in [0.5, 0.6) is 0 Å². The lowest BCUT2D eigenvalue weighted by atomic mass is 10.1. The number of urea groups is 1. The Morgan fingerprint density at radius 2 is 1.58 bits per heavy atom. The van der Waals surface area contributed by atoms with Gasteiger partial charge in [-0.2, -0.15) is 0 Å². The normalized spacial score (nSPS) is 25.7. The fourth-order valence-corrected chi connectivity index (χ4v) is 5.32. The minimum absolute atomic E-state index is 0.231. The molecule has 3 fully saturated rings. The molecule has 0 aliphatic carbocycles. The Labute approximate surface area is 153 Å². The molecule has 0 aromatic heterocycles. The maximum absolute atomic E-state index is 12.6. The number of rotatable bonds is 2. The zero-order valence-electron chi connectivity index (χ0n) is 15.1. The minimum Gasteiger partial charge on any atom is -0.333 e. The van der Waals surface area contributed by atoms with Crippen LogP contribution in [0.2, 0.25) is 0 Å². The summed E-state index contributed by atoms with van der Waals surface area (Å²) in [5.41, 5.74) is 0. The second kappa shape index (κ2) is 7.51. The van der Waals surface area contributed by atoms with Crippen molar-refractivity contribution in [1.29, 1.82) is 0 Å². The molecule has 10 heteroatoms. The number of carbonyl (C=O) groups is 3. The van der Waals surface area contributed by atoms with E-state index in [1.54, 1.807) is 11.8 Å². The molecule has 3 saturated heterocycles. The fraction of sp³-hybridized carbons (Fsp3) is 0.812. The molecule has 0 aromatic rings. The molecule has 4 amide bonds. The predicted molar refractivity (Wildman–Crippen MR) is 94.2 cm³/mol. The fourth-order valence-electron chi connectivity index (χ4n) is 3.85. The summed E-state index contributed by atoms with van der Waals surface area (Å²) in [6.07, 6.45) is 1.28. The van der Waals surface area contributed by atoms with E-state index in [0.717, 1.165) is 4.90 Å². The lowest BCUT2D eigenvalue weighted by Gasteiger charge is -2.42. The van der Waals surface area contributed by atoms with Gasteiger partial charge in [0.05, 0.1) is 11.5 Å². The van der Waals surface area contributed by atoms with Crippen LogP contribution in [0.3, 0.4) is 0 Å². The van der Waals surface area contributed by atoms with Gasteiger partial charge in [-0.05, 0) is 19.8 Å². The summed E-state index contributed by atoms with van der Waals surface area (Å²) in [5.74, 6) is -0.901. The van der Waals surface area contributed by atoms with E-state index in [9.17, 15) is 22.8 Å². The molecule has 0 N–H and O–H groups in total. The molecule has 0 atom stereocenters. The molecule has 3 aliphatic rings.